The van der Waals surface area contributed by atoms with Crippen molar-refractivity contribution in [1.82, 2.24) is 20.4 Å². The Morgan fingerprint density at radius 2 is 2.00 bits per heavy atom. The van der Waals surface area contributed by atoms with Crippen LogP contribution in [0.1, 0.15) is 24.8 Å². The maximum absolute atomic E-state index is 12.5. The lowest BCUT2D eigenvalue weighted by Crippen LogP contribution is -2.38. The zero-order chi connectivity index (χ0) is 20.6. The Kier molecular flexibility index (Phi) is 7.85. The molecule has 2 heterocycles. The molecule has 0 spiro atoms. The monoisotopic (exact) mass is 422 g/mol. The molecule has 9 heteroatoms. The molecule has 2 N–H and O–H groups in total. The lowest BCUT2D eigenvalue weighted by Gasteiger charge is -2.26. The summed E-state index contributed by atoms with van der Waals surface area (Å²) in [6.07, 6.45) is 1.34. The van der Waals surface area contributed by atoms with E-state index in [0.29, 0.717) is 17.1 Å². The van der Waals surface area contributed by atoms with Gasteiger partial charge in [0.1, 0.15) is 6.04 Å². The standard InChI is InChI=1S/C20H27ClN4O4/c21-16-5-2-1-4-15(16)14-25-19(27)17(23-20(25)28)6-7-18(26)22-8-3-9-24-10-12-29-13-11-24/h1-2,4-5,17H,3,6-14H2,(H,22,26)(H,23,28). The van der Waals surface area contributed by atoms with Gasteiger partial charge >= 0.3 is 6.03 Å². The molecule has 2 aliphatic rings. The maximum Gasteiger partial charge on any atom is 0.325 e. The molecule has 3 rings (SSSR count). The van der Waals surface area contributed by atoms with Crippen molar-refractivity contribution < 1.29 is 19.1 Å². The fourth-order valence-electron chi connectivity index (χ4n) is 3.44. The van der Waals surface area contributed by atoms with Crippen LogP contribution in [0.25, 0.3) is 0 Å². The lowest BCUT2D eigenvalue weighted by molar-refractivity contribution is -0.128. The zero-order valence-corrected chi connectivity index (χ0v) is 17.1. The molecule has 0 aromatic heterocycles. The average Bonchev–Trinajstić information content (AvgIpc) is 2.99. The second-order valence-corrected chi connectivity index (χ2v) is 7.62. The molecule has 1 atom stereocenters. The van der Waals surface area contributed by atoms with Crippen molar-refractivity contribution in [2.45, 2.75) is 31.8 Å². The number of carbonyl (C=O) groups excluding carboxylic acids is 3. The number of nitrogens with zero attached hydrogens (tertiary/aromatic N) is 2. The second-order valence-electron chi connectivity index (χ2n) is 7.21. The fraction of sp³-hybridized carbons (Fsp3) is 0.550. The van der Waals surface area contributed by atoms with Crippen LogP contribution >= 0.6 is 11.6 Å². The Morgan fingerprint density at radius 1 is 1.24 bits per heavy atom. The minimum Gasteiger partial charge on any atom is -0.379 e. The van der Waals surface area contributed by atoms with Crippen molar-refractivity contribution in [2.75, 3.05) is 39.4 Å². The molecule has 158 valence electrons. The molecular weight excluding hydrogens is 396 g/mol. The predicted octanol–water partition coefficient (Wildman–Crippen LogP) is 1.38. The van der Waals surface area contributed by atoms with Crippen molar-refractivity contribution in [1.29, 1.82) is 0 Å². The molecule has 4 amide bonds. The van der Waals surface area contributed by atoms with Crippen molar-refractivity contribution in [2.24, 2.45) is 0 Å². The molecule has 29 heavy (non-hydrogen) atoms. The molecule has 0 radical (unpaired) electrons. The molecule has 2 fully saturated rings. The van der Waals surface area contributed by atoms with Crippen LogP contribution in [0.15, 0.2) is 24.3 Å². The number of imide groups is 1. The van der Waals surface area contributed by atoms with Gasteiger partial charge < -0.3 is 15.4 Å². The van der Waals surface area contributed by atoms with Gasteiger partial charge in [-0.15, -0.1) is 0 Å². The second kappa shape index (κ2) is 10.6. The normalized spacial score (nSPS) is 20.0. The minimum absolute atomic E-state index is 0.112. The summed E-state index contributed by atoms with van der Waals surface area (Å²) in [7, 11) is 0. The number of morpholine rings is 1. The van der Waals surface area contributed by atoms with Gasteiger partial charge in [-0.3, -0.25) is 19.4 Å². The fourth-order valence-corrected chi connectivity index (χ4v) is 3.63. The van der Waals surface area contributed by atoms with Gasteiger partial charge in [0, 0.05) is 31.1 Å². The summed E-state index contributed by atoms with van der Waals surface area (Å²) >= 11 is 6.12. The van der Waals surface area contributed by atoms with Gasteiger partial charge in [0.05, 0.1) is 19.8 Å². The summed E-state index contributed by atoms with van der Waals surface area (Å²) < 4.78 is 5.31. The van der Waals surface area contributed by atoms with Crippen LogP contribution in [0.4, 0.5) is 4.79 Å². The van der Waals surface area contributed by atoms with Gasteiger partial charge in [-0.1, -0.05) is 29.8 Å². The Bertz CT molecular complexity index is 739. The highest BCUT2D eigenvalue weighted by Crippen LogP contribution is 2.20. The van der Waals surface area contributed by atoms with Crippen LogP contribution in [0.2, 0.25) is 5.02 Å². The van der Waals surface area contributed by atoms with Gasteiger partial charge in [0.15, 0.2) is 0 Å². The minimum atomic E-state index is -0.677. The summed E-state index contributed by atoms with van der Waals surface area (Å²) in [4.78, 5) is 40.2. The smallest absolute Gasteiger partial charge is 0.325 e. The number of urea groups is 1. The summed E-state index contributed by atoms with van der Waals surface area (Å²) in [5, 5.41) is 6.04. The van der Waals surface area contributed by atoms with Crippen molar-refractivity contribution in [3.05, 3.63) is 34.9 Å². The largest absolute Gasteiger partial charge is 0.379 e. The maximum atomic E-state index is 12.5. The lowest BCUT2D eigenvalue weighted by atomic mass is 10.1. The first-order chi connectivity index (χ1) is 14.0. The Labute approximate surface area is 175 Å². The molecule has 2 aliphatic heterocycles. The number of carbonyl (C=O) groups is 3. The number of rotatable bonds is 9. The summed E-state index contributed by atoms with van der Waals surface area (Å²) in [6, 6.07) is 5.96. The third-order valence-corrected chi connectivity index (χ3v) is 5.50. The Hall–Kier alpha value is -2.16. The topological polar surface area (TPSA) is 91.0 Å². The molecule has 2 saturated heterocycles. The first kappa shape index (κ1) is 21.5. The van der Waals surface area contributed by atoms with Gasteiger partial charge in [-0.05, 0) is 31.0 Å². The van der Waals surface area contributed by atoms with E-state index in [9.17, 15) is 14.4 Å². The predicted molar refractivity (Wildman–Crippen MR) is 108 cm³/mol. The molecule has 1 unspecified atom stereocenters. The van der Waals surface area contributed by atoms with Crippen LogP contribution in [0.3, 0.4) is 0 Å². The zero-order valence-electron chi connectivity index (χ0n) is 16.4. The van der Waals surface area contributed by atoms with Gasteiger partial charge in [-0.25, -0.2) is 4.79 Å². The summed E-state index contributed by atoms with van der Waals surface area (Å²) in [6.45, 7) is 5.04. The van der Waals surface area contributed by atoms with Crippen LogP contribution in [0.5, 0.6) is 0 Å². The van der Waals surface area contributed by atoms with Crippen LogP contribution in [0, 0.1) is 0 Å². The molecular formula is C20H27ClN4O4. The number of hydrogen-bond acceptors (Lipinski definition) is 5. The van der Waals surface area contributed by atoms with E-state index in [0.717, 1.165) is 44.2 Å². The van der Waals surface area contributed by atoms with Crippen molar-refractivity contribution >= 4 is 29.4 Å². The van der Waals surface area contributed by atoms with Crippen LogP contribution in [-0.4, -0.2) is 73.1 Å². The summed E-state index contributed by atoms with van der Waals surface area (Å²) in [5.41, 5.74) is 0.705. The van der Waals surface area contributed by atoms with E-state index >= 15 is 0 Å². The van der Waals surface area contributed by atoms with E-state index < -0.39 is 12.1 Å². The van der Waals surface area contributed by atoms with E-state index in [1.54, 1.807) is 24.3 Å². The summed E-state index contributed by atoms with van der Waals surface area (Å²) in [5.74, 6) is -0.436. The number of halogens is 1. The van der Waals surface area contributed by atoms with Crippen molar-refractivity contribution in [3.63, 3.8) is 0 Å². The molecule has 1 aromatic carbocycles. The molecule has 0 saturated carbocycles. The highest BCUT2D eigenvalue weighted by atomic mass is 35.5. The highest BCUT2D eigenvalue weighted by molar-refractivity contribution is 6.31. The first-order valence-electron chi connectivity index (χ1n) is 9.96. The van der Waals surface area contributed by atoms with Crippen LogP contribution in [-0.2, 0) is 20.9 Å². The Balaban J connectivity index is 1.36. The molecule has 0 bridgehead atoms. The molecule has 0 aliphatic carbocycles. The van der Waals surface area contributed by atoms with Gasteiger partial charge in [0.25, 0.3) is 5.91 Å². The number of amides is 4. The van der Waals surface area contributed by atoms with Crippen LogP contribution < -0.4 is 10.6 Å². The van der Waals surface area contributed by atoms with E-state index in [2.05, 4.69) is 15.5 Å². The number of ether oxygens (including phenoxy) is 1. The van der Waals surface area contributed by atoms with Crippen molar-refractivity contribution in [3.8, 4) is 0 Å². The quantitative estimate of drug-likeness (QED) is 0.463. The average molecular weight is 423 g/mol. The third-order valence-electron chi connectivity index (χ3n) is 5.13. The number of hydrogen-bond donors (Lipinski definition) is 2. The van der Waals surface area contributed by atoms with E-state index in [1.807, 2.05) is 0 Å². The number of nitrogens with one attached hydrogen (secondary N) is 2. The Morgan fingerprint density at radius 3 is 2.76 bits per heavy atom. The number of benzene rings is 1. The van der Waals surface area contributed by atoms with E-state index in [-0.39, 0.29) is 31.2 Å². The molecule has 8 nitrogen and oxygen atoms in total. The van der Waals surface area contributed by atoms with E-state index in [1.165, 1.54) is 0 Å². The third kappa shape index (κ3) is 6.16. The molecule has 1 aromatic rings. The van der Waals surface area contributed by atoms with Gasteiger partial charge in [-0.2, -0.15) is 0 Å². The first-order valence-corrected chi connectivity index (χ1v) is 10.3. The SMILES string of the molecule is O=C(CCC1NC(=O)N(Cc2ccccc2Cl)C1=O)NCCCN1CCOCC1. The van der Waals surface area contributed by atoms with E-state index in [4.69, 9.17) is 16.3 Å². The highest BCUT2D eigenvalue weighted by Gasteiger charge is 2.38. The van der Waals surface area contributed by atoms with Gasteiger partial charge in [0.2, 0.25) is 5.91 Å².